The number of carbonyl (C=O) groups is 2. The minimum Gasteiger partial charge on any atom is -0.465 e. The summed E-state index contributed by atoms with van der Waals surface area (Å²) in [5.41, 5.74) is 4.57. The van der Waals surface area contributed by atoms with E-state index < -0.39 is 5.97 Å². The number of methoxy groups -OCH3 is 1. The highest BCUT2D eigenvalue weighted by Crippen LogP contribution is 2.31. The molecule has 0 aliphatic heterocycles. The SMILES string of the molecule is CCc1[nH]c2cc(C(=O)OC)cc(Cc3ccccc3Cl)c2c1C(C)=O. The highest BCUT2D eigenvalue weighted by atomic mass is 35.5. The Labute approximate surface area is 157 Å². The molecule has 0 aliphatic carbocycles. The van der Waals surface area contributed by atoms with Gasteiger partial charge in [-0.05, 0) is 49.1 Å². The summed E-state index contributed by atoms with van der Waals surface area (Å²) in [7, 11) is 1.35. The Morgan fingerprint density at radius 1 is 1.15 bits per heavy atom. The van der Waals surface area contributed by atoms with Gasteiger partial charge >= 0.3 is 5.97 Å². The van der Waals surface area contributed by atoms with Crippen molar-refractivity contribution in [2.24, 2.45) is 0 Å². The summed E-state index contributed by atoms with van der Waals surface area (Å²) in [6.45, 7) is 3.56. The predicted molar refractivity (Wildman–Crippen MR) is 103 cm³/mol. The predicted octanol–water partition coefficient (Wildman–Crippen LogP) is 4.96. The van der Waals surface area contributed by atoms with Gasteiger partial charge in [-0.15, -0.1) is 0 Å². The number of carbonyl (C=O) groups excluding carboxylic acids is 2. The molecule has 5 heteroatoms. The number of hydrogen-bond donors (Lipinski definition) is 1. The smallest absolute Gasteiger partial charge is 0.337 e. The summed E-state index contributed by atoms with van der Waals surface area (Å²) < 4.78 is 4.88. The number of Topliss-reactive ketones (excluding diaryl/α,β-unsaturated/α-hetero) is 1. The number of aryl methyl sites for hydroxylation is 1. The lowest BCUT2D eigenvalue weighted by Gasteiger charge is -2.10. The number of esters is 1. The molecule has 1 heterocycles. The van der Waals surface area contributed by atoms with Crippen LogP contribution >= 0.6 is 11.6 Å². The molecule has 0 saturated carbocycles. The number of halogens is 1. The van der Waals surface area contributed by atoms with E-state index in [1.165, 1.54) is 7.11 Å². The molecule has 0 aliphatic rings. The van der Waals surface area contributed by atoms with Crippen LogP contribution in [0.5, 0.6) is 0 Å². The van der Waals surface area contributed by atoms with Crippen LogP contribution in [0.15, 0.2) is 36.4 Å². The standard InChI is InChI=1S/C21H20ClNO3/c1-4-17-19(12(2)24)20-14(9-13-7-5-6-8-16(13)22)10-15(21(25)26-3)11-18(20)23-17/h5-8,10-11,23H,4,9H2,1-3H3. The molecule has 0 spiro atoms. The lowest BCUT2D eigenvalue weighted by molar-refractivity contribution is 0.0600. The summed E-state index contributed by atoms with van der Waals surface area (Å²) in [4.78, 5) is 27.7. The molecule has 0 fully saturated rings. The average Bonchev–Trinajstić information content (AvgIpc) is 3.02. The molecule has 26 heavy (non-hydrogen) atoms. The fraction of sp³-hybridized carbons (Fsp3) is 0.238. The van der Waals surface area contributed by atoms with Crippen molar-refractivity contribution in [3.8, 4) is 0 Å². The van der Waals surface area contributed by atoms with Gasteiger partial charge in [-0.1, -0.05) is 36.7 Å². The monoisotopic (exact) mass is 369 g/mol. The van der Waals surface area contributed by atoms with Crippen molar-refractivity contribution < 1.29 is 14.3 Å². The number of aromatic amines is 1. The van der Waals surface area contributed by atoms with E-state index in [0.29, 0.717) is 29.0 Å². The minimum absolute atomic E-state index is 0.000623. The van der Waals surface area contributed by atoms with Crippen LogP contribution in [0.3, 0.4) is 0 Å². The lowest BCUT2D eigenvalue weighted by atomic mass is 9.95. The van der Waals surface area contributed by atoms with Crippen molar-refractivity contribution in [1.29, 1.82) is 0 Å². The Balaban J connectivity index is 2.29. The highest BCUT2D eigenvalue weighted by Gasteiger charge is 2.20. The van der Waals surface area contributed by atoms with E-state index in [1.807, 2.05) is 31.2 Å². The molecule has 4 nitrogen and oxygen atoms in total. The van der Waals surface area contributed by atoms with E-state index in [2.05, 4.69) is 4.98 Å². The molecule has 134 valence electrons. The average molecular weight is 370 g/mol. The minimum atomic E-state index is -0.413. The van der Waals surface area contributed by atoms with Gasteiger partial charge in [0, 0.05) is 27.2 Å². The van der Waals surface area contributed by atoms with Gasteiger partial charge in [-0.25, -0.2) is 4.79 Å². The second-order valence-corrected chi connectivity index (χ2v) is 6.61. The molecule has 2 aromatic carbocycles. The van der Waals surface area contributed by atoms with Gasteiger partial charge in [0.2, 0.25) is 0 Å². The Hall–Kier alpha value is -2.59. The van der Waals surface area contributed by atoms with Crippen molar-refractivity contribution in [2.75, 3.05) is 7.11 Å². The summed E-state index contributed by atoms with van der Waals surface area (Å²) in [6, 6.07) is 11.1. The summed E-state index contributed by atoms with van der Waals surface area (Å²) in [6.07, 6.45) is 1.21. The maximum atomic E-state index is 12.3. The Bertz CT molecular complexity index is 1000. The molecular weight excluding hydrogens is 350 g/mol. The van der Waals surface area contributed by atoms with Gasteiger partial charge < -0.3 is 9.72 Å². The van der Waals surface area contributed by atoms with E-state index in [0.717, 1.165) is 27.7 Å². The van der Waals surface area contributed by atoms with Crippen LogP contribution in [0.2, 0.25) is 5.02 Å². The van der Waals surface area contributed by atoms with Crippen molar-refractivity contribution in [3.63, 3.8) is 0 Å². The van der Waals surface area contributed by atoms with E-state index >= 15 is 0 Å². The number of H-pyrrole nitrogens is 1. The molecule has 0 amide bonds. The maximum Gasteiger partial charge on any atom is 0.337 e. The highest BCUT2D eigenvalue weighted by molar-refractivity contribution is 6.31. The number of benzene rings is 2. The van der Waals surface area contributed by atoms with Crippen LogP contribution in [-0.2, 0) is 17.6 Å². The van der Waals surface area contributed by atoms with Crippen LogP contribution < -0.4 is 0 Å². The molecule has 1 N–H and O–H groups in total. The number of rotatable bonds is 5. The normalized spacial score (nSPS) is 10.9. The van der Waals surface area contributed by atoms with Crippen LogP contribution in [0.4, 0.5) is 0 Å². The van der Waals surface area contributed by atoms with Crippen LogP contribution in [-0.4, -0.2) is 23.8 Å². The van der Waals surface area contributed by atoms with E-state index in [4.69, 9.17) is 16.3 Å². The van der Waals surface area contributed by atoms with E-state index in [-0.39, 0.29) is 5.78 Å². The Kier molecular flexibility index (Phi) is 5.14. The molecular formula is C21H20ClNO3. The molecule has 0 saturated heterocycles. The van der Waals surface area contributed by atoms with Crippen LogP contribution in [0, 0.1) is 0 Å². The number of aromatic nitrogens is 1. The van der Waals surface area contributed by atoms with E-state index in [1.54, 1.807) is 19.1 Å². The fourth-order valence-corrected chi connectivity index (χ4v) is 3.55. The van der Waals surface area contributed by atoms with Gasteiger partial charge in [0.1, 0.15) is 0 Å². The lowest BCUT2D eigenvalue weighted by Crippen LogP contribution is -2.04. The maximum absolute atomic E-state index is 12.3. The first-order chi connectivity index (χ1) is 12.5. The molecule has 3 rings (SSSR count). The van der Waals surface area contributed by atoms with Crippen LogP contribution in [0.1, 0.15) is 51.4 Å². The Morgan fingerprint density at radius 2 is 1.88 bits per heavy atom. The number of ether oxygens (including phenoxy) is 1. The zero-order valence-electron chi connectivity index (χ0n) is 15.0. The second kappa shape index (κ2) is 7.34. The molecule has 3 aromatic rings. The zero-order valence-corrected chi connectivity index (χ0v) is 15.7. The first kappa shape index (κ1) is 18.2. The van der Waals surface area contributed by atoms with Gasteiger partial charge in [-0.2, -0.15) is 0 Å². The first-order valence-electron chi connectivity index (χ1n) is 8.46. The third-order valence-corrected chi connectivity index (χ3v) is 4.89. The Morgan fingerprint density at radius 3 is 2.50 bits per heavy atom. The van der Waals surface area contributed by atoms with Crippen molar-refractivity contribution >= 4 is 34.3 Å². The molecule has 1 aromatic heterocycles. The largest absolute Gasteiger partial charge is 0.465 e. The molecule has 0 atom stereocenters. The number of fused-ring (bicyclic) bond motifs is 1. The van der Waals surface area contributed by atoms with Gasteiger partial charge in [0.25, 0.3) is 0 Å². The quantitative estimate of drug-likeness (QED) is 0.510. The molecule has 0 radical (unpaired) electrons. The first-order valence-corrected chi connectivity index (χ1v) is 8.84. The second-order valence-electron chi connectivity index (χ2n) is 6.21. The summed E-state index contributed by atoms with van der Waals surface area (Å²) >= 11 is 6.32. The topological polar surface area (TPSA) is 59.2 Å². The van der Waals surface area contributed by atoms with E-state index in [9.17, 15) is 9.59 Å². The van der Waals surface area contributed by atoms with Gasteiger partial charge in [0.15, 0.2) is 5.78 Å². The number of nitrogens with one attached hydrogen (secondary N) is 1. The van der Waals surface area contributed by atoms with Gasteiger partial charge in [-0.3, -0.25) is 4.79 Å². The molecule has 0 unspecified atom stereocenters. The number of ketones is 1. The fourth-order valence-electron chi connectivity index (χ4n) is 3.35. The van der Waals surface area contributed by atoms with Crippen molar-refractivity contribution in [2.45, 2.75) is 26.7 Å². The third-order valence-electron chi connectivity index (χ3n) is 4.52. The summed E-state index contributed by atoms with van der Waals surface area (Å²) in [5.74, 6) is -0.413. The third kappa shape index (κ3) is 3.25. The van der Waals surface area contributed by atoms with Crippen LogP contribution in [0.25, 0.3) is 10.9 Å². The van der Waals surface area contributed by atoms with Crippen molar-refractivity contribution in [1.82, 2.24) is 4.98 Å². The molecule has 0 bridgehead atoms. The zero-order chi connectivity index (χ0) is 18.8. The van der Waals surface area contributed by atoms with Crippen molar-refractivity contribution in [3.05, 3.63) is 69.4 Å². The van der Waals surface area contributed by atoms with Gasteiger partial charge in [0.05, 0.1) is 12.7 Å². The number of hydrogen-bond acceptors (Lipinski definition) is 3. The summed E-state index contributed by atoms with van der Waals surface area (Å²) in [5, 5.41) is 1.50.